The lowest BCUT2D eigenvalue weighted by atomic mass is 10.3. The number of aryl methyl sites for hydroxylation is 1. The lowest BCUT2D eigenvalue weighted by molar-refractivity contribution is 0.384. The van der Waals surface area contributed by atoms with Crippen LogP contribution < -0.4 is 10.5 Å². The molecule has 2 N–H and O–H groups in total. The fraction of sp³-hybridized carbons (Fsp3) is 0.286. The minimum absolute atomic E-state index is 0.134. The number of aromatic nitrogens is 1. The van der Waals surface area contributed by atoms with E-state index in [-0.39, 0.29) is 17.3 Å². The predicted molar refractivity (Wildman–Crippen MR) is 39.9 cm³/mol. The van der Waals surface area contributed by atoms with Crippen LogP contribution in [0.5, 0.6) is 5.75 Å². The van der Waals surface area contributed by atoms with Crippen LogP contribution in [0.2, 0.25) is 0 Å². The Morgan fingerprint density at radius 1 is 1.64 bits per heavy atom. The van der Waals surface area contributed by atoms with Gasteiger partial charge in [0, 0.05) is 6.07 Å². The molecule has 4 heteroatoms. The summed E-state index contributed by atoms with van der Waals surface area (Å²) in [6, 6.07) is 1.35. The molecule has 0 saturated carbocycles. The second-order valence-corrected chi connectivity index (χ2v) is 2.15. The molecule has 11 heavy (non-hydrogen) atoms. The summed E-state index contributed by atoms with van der Waals surface area (Å²) < 4.78 is 17.7. The van der Waals surface area contributed by atoms with Gasteiger partial charge in [-0.1, -0.05) is 0 Å². The number of nitrogen functional groups attached to an aromatic ring is 1. The topological polar surface area (TPSA) is 48.1 Å². The van der Waals surface area contributed by atoms with Gasteiger partial charge >= 0.3 is 0 Å². The first-order valence-electron chi connectivity index (χ1n) is 3.11. The van der Waals surface area contributed by atoms with Gasteiger partial charge < -0.3 is 10.5 Å². The molecular formula is C7H9FN2O. The molecule has 0 amide bonds. The molecule has 3 nitrogen and oxygen atoms in total. The number of pyridine rings is 1. The van der Waals surface area contributed by atoms with E-state index in [0.29, 0.717) is 0 Å². The Bertz CT molecular complexity index is 275. The van der Waals surface area contributed by atoms with Gasteiger partial charge in [0.05, 0.1) is 12.8 Å². The number of nitrogens with two attached hydrogens (primary N) is 1. The van der Waals surface area contributed by atoms with Gasteiger partial charge in [0.1, 0.15) is 5.82 Å². The van der Waals surface area contributed by atoms with Crippen molar-refractivity contribution >= 4 is 5.82 Å². The summed E-state index contributed by atoms with van der Waals surface area (Å²) in [7, 11) is 1.39. The van der Waals surface area contributed by atoms with E-state index >= 15 is 0 Å². The fourth-order valence-corrected chi connectivity index (χ4v) is 0.800. The standard InChI is InChI=1S/C7H9FN2O/c1-4-7(8)5(11-2)3-6(9)10-4/h3H,1-2H3,(H2,9,10). The summed E-state index contributed by atoms with van der Waals surface area (Å²) in [4.78, 5) is 3.70. The fourth-order valence-electron chi connectivity index (χ4n) is 0.800. The summed E-state index contributed by atoms with van der Waals surface area (Å²) in [6.07, 6.45) is 0. The Morgan fingerprint density at radius 3 is 2.82 bits per heavy atom. The first kappa shape index (κ1) is 7.78. The molecule has 0 saturated heterocycles. The van der Waals surface area contributed by atoms with E-state index in [1.807, 2.05) is 0 Å². The van der Waals surface area contributed by atoms with E-state index in [4.69, 9.17) is 10.5 Å². The molecule has 1 aromatic rings. The normalized spacial score (nSPS) is 9.73. The maximum atomic E-state index is 12.9. The largest absolute Gasteiger partial charge is 0.493 e. The first-order valence-corrected chi connectivity index (χ1v) is 3.11. The van der Waals surface area contributed by atoms with Gasteiger partial charge in [-0.3, -0.25) is 0 Å². The highest BCUT2D eigenvalue weighted by molar-refractivity contribution is 5.39. The number of hydrogen-bond acceptors (Lipinski definition) is 3. The van der Waals surface area contributed by atoms with E-state index in [1.54, 1.807) is 0 Å². The molecule has 0 unspecified atom stereocenters. The van der Waals surface area contributed by atoms with E-state index in [0.717, 1.165) is 0 Å². The smallest absolute Gasteiger partial charge is 0.186 e. The van der Waals surface area contributed by atoms with E-state index in [2.05, 4.69) is 4.98 Å². The van der Waals surface area contributed by atoms with Gasteiger partial charge in [0.25, 0.3) is 0 Å². The first-order chi connectivity index (χ1) is 5.15. The lowest BCUT2D eigenvalue weighted by Gasteiger charge is -2.03. The van der Waals surface area contributed by atoms with Crippen LogP contribution in [0.15, 0.2) is 6.07 Å². The van der Waals surface area contributed by atoms with Crippen molar-refractivity contribution in [3.8, 4) is 5.75 Å². The van der Waals surface area contributed by atoms with Crippen LogP contribution in [-0.2, 0) is 0 Å². The Morgan fingerprint density at radius 2 is 2.27 bits per heavy atom. The third-order valence-corrected chi connectivity index (χ3v) is 1.33. The molecule has 0 fully saturated rings. The van der Waals surface area contributed by atoms with Gasteiger partial charge in [-0.25, -0.2) is 9.37 Å². The zero-order valence-corrected chi connectivity index (χ0v) is 6.39. The molecule has 0 aliphatic rings. The molecule has 1 rings (SSSR count). The van der Waals surface area contributed by atoms with Gasteiger partial charge in [-0.2, -0.15) is 0 Å². The van der Waals surface area contributed by atoms with E-state index in [9.17, 15) is 4.39 Å². The number of halogens is 1. The molecule has 0 aromatic carbocycles. The summed E-state index contributed by atoms with van der Waals surface area (Å²) in [5.41, 5.74) is 5.60. The van der Waals surface area contributed by atoms with Gasteiger partial charge in [0.15, 0.2) is 11.6 Å². The molecule has 0 spiro atoms. The third kappa shape index (κ3) is 1.39. The summed E-state index contributed by atoms with van der Waals surface area (Å²) in [6.45, 7) is 1.54. The average molecular weight is 156 g/mol. The highest BCUT2D eigenvalue weighted by Gasteiger charge is 2.07. The van der Waals surface area contributed by atoms with E-state index < -0.39 is 5.82 Å². The van der Waals surface area contributed by atoms with E-state index in [1.165, 1.54) is 20.1 Å². The Labute approximate surface area is 64.0 Å². The molecular weight excluding hydrogens is 147 g/mol. The van der Waals surface area contributed by atoms with Crippen molar-refractivity contribution in [2.24, 2.45) is 0 Å². The molecule has 0 aliphatic carbocycles. The van der Waals surface area contributed by atoms with Crippen molar-refractivity contribution in [1.29, 1.82) is 0 Å². The number of hydrogen-bond donors (Lipinski definition) is 1. The van der Waals surface area contributed by atoms with Crippen molar-refractivity contribution in [2.75, 3.05) is 12.8 Å². The second-order valence-electron chi connectivity index (χ2n) is 2.15. The quantitative estimate of drug-likeness (QED) is 0.662. The molecule has 1 aromatic heterocycles. The van der Waals surface area contributed by atoms with Crippen molar-refractivity contribution in [2.45, 2.75) is 6.92 Å². The maximum Gasteiger partial charge on any atom is 0.186 e. The van der Waals surface area contributed by atoms with Crippen LogP contribution >= 0.6 is 0 Å². The number of methoxy groups -OCH3 is 1. The van der Waals surface area contributed by atoms with Crippen LogP contribution in [0.3, 0.4) is 0 Å². The van der Waals surface area contributed by atoms with Gasteiger partial charge in [-0.15, -0.1) is 0 Å². The number of nitrogens with zero attached hydrogens (tertiary/aromatic N) is 1. The number of ether oxygens (including phenoxy) is 1. The van der Waals surface area contributed by atoms with Crippen molar-refractivity contribution in [1.82, 2.24) is 4.98 Å². The maximum absolute atomic E-state index is 12.9. The number of rotatable bonds is 1. The average Bonchev–Trinajstić information content (AvgIpc) is 1.96. The molecule has 1 heterocycles. The van der Waals surface area contributed by atoms with Crippen molar-refractivity contribution in [3.05, 3.63) is 17.6 Å². The predicted octanol–water partition coefficient (Wildman–Crippen LogP) is 1.12. The highest BCUT2D eigenvalue weighted by Crippen LogP contribution is 2.20. The van der Waals surface area contributed by atoms with Crippen LogP contribution in [-0.4, -0.2) is 12.1 Å². The molecule has 60 valence electrons. The molecule has 0 atom stereocenters. The molecule has 0 radical (unpaired) electrons. The lowest BCUT2D eigenvalue weighted by Crippen LogP contribution is -1.98. The summed E-state index contributed by atoms with van der Waals surface area (Å²) in [5, 5.41) is 0. The Kier molecular flexibility index (Phi) is 1.94. The van der Waals surface area contributed by atoms with Gasteiger partial charge in [-0.05, 0) is 6.92 Å². The minimum atomic E-state index is -0.457. The second kappa shape index (κ2) is 2.74. The number of anilines is 1. The highest BCUT2D eigenvalue weighted by atomic mass is 19.1. The molecule has 0 aliphatic heterocycles. The zero-order chi connectivity index (χ0) is 8.43. The minimum Gasteiger partial charge on any atom is -0.493 e. The van der Waals surface area contributed by atoms with Crippen molar-refractivity contribution in [3.63, 3.8) is 0 Å². The molecule has 0 bridgehead atoms. The SMILES string of the molecule is COc1cc(N)nc(C)c1F. The van der Waals surface area contributed by atoms with Crippen LogP contribution in [0.25, 0.3) is 0 Å². The zero-order valence-electron chi connectivity index (χ0n) is 6.39. The van der Waals surface area contributed by atoms with Crippen molar-refractivity contribution < 1.29 is 9.13 Å². The summed E-state index contributed by atoms with van der Waals surface area (Å²) in [5.74, 6) is -0.0579. The Hall–Kier alpha value is -1.32. The third-order valence-electron chi connectivity index (χ3n) is 1.33. The van der Waals surface area contributed by atoms with Crippen LogP contribution in [0.1, 0.15) is 5.69 Å². The summed E-state index contributed by atoms with van der Waals surface area (Å²) >= 11 is 0. The van der Waals surface area contributed by atoms with Crippen LogP contribution in [0, 0.1) is 12.7 Å². The van der Waals surface area contributed by atoms with Crippen LogP contribution in [0.4, 0.5) is 10.2 Å². The van der Waals surface area contributed by atoms with Gasteiger partial charge in [0.2, 0.25) is 0 Å². The monoisotopic (exact) mass is 156 g/mol. The Balaban J connectivity index is 3.24.